The van der Waals surface area contributed by atoms with Gasteiger partial charge in [-0.25, -0.2) is 9.37 Å². The first-order valence-electron chi connectivity index (χ1n) is 10.4. The van der Waals surface area contributed by atoms with Gasteiger partial charge in [0.25, 0.3) is 11.5 Å². The zero-order valence-electron chi connectivity index (χ0n) is 18.4. The molecule has 8 nitrogen and oxygen atoms in total. The fraction of sp³-hybridized carbons (Fsp3) is 0.261. The predicted molar refractivity (Wildman–Crippen MR) is 124 cm³/mol. The van der Waals surface area contributed by atoms with Gasteiger partial charge in [-0.2, -0.15) is 0 Å². The summed E-state index contributed by atoms with van der Waals surface area (Å²) in [6, 6.07) is 12.5. The summed E-state index contributed by atoms with van der Waals surface area (Å²) in [7, 11) is 1.80. The highest BCUT2D eigenvalue weighted by Crippen LogP contribution is 2.26. The van der Waals surface area contributed by atoms with Crippen LogP contribution < -0.4 is 10.9 Å². The van der Waals surface area contributed by atoms with Gasteiger partial charge in [-0.15, -0.1) is 10.2 Å². The van der Waals surface area contributed by atoms with Gasteiger partial charge >= 0.3 is 0 Å². The normalized spacial score (nSPS) is 12.3. The second kappa shape index (κ2) is 9.53. The quantitative estimate of drug-likeness (QED) is 0.403. The zero-order chi connectivity index (χ0) is 23.5. The van der Waals surface area contributed by atoms with Crippen LogP contribution in [0.5, 0.6) is 0 Å². The lowest BCUT2D eigenvalue weighted by Gasteiger charge is -2.21. The smallest absolute Gasteiger partial charge is 0.258 e. The number of rotatable bonds is 7. The van der Waals surface area contributed by atoms with E-state index < -0.39 is 17.8 Å². The Bertz CT molecular complexity index is 1370. The van der Waals surface area contributed by atoms with Gasteiger partial charge in [-0.1, -0.05) is 49.9 Å². The molecule has 0 saturated carbocycles. The first-order chi connectivity index (χ1) is 15.8. The van der Waals surface area contributed by atoms with E-state index in [0.717, 1.165) is 0 Å². The Kier molecular flexibility index (Phi) is 6.55. The van der Waals surface area contributed by atoms with Crippen LogP contribution in [-0.4, -0.2) is 30.6 Å². The Labute approximate surface area is 193 Å². The molecule has 0 spiro atoms. The summed E-state index contributed by atoms with van der Waals surface area (Å²) in [5.74, 6) is 0.365. The molecule has 2 aromatic heterocycles. The van der Waals surface area contributed by atoms with Gasteiger partial charge in [0, 0.05) is 7.05 Å². The first kappa shape index (κ1) is 22.7. The molecule has 10 heteroatoms. The molecule has 0 fully saturated rings. The van der Waals surface area contributed by atoms with Gasteiger partial charge in [0.15, 0.2) is 11.0 Å². The number of aromatic amines is 1. The van der Waals surface area contributed by atoms with Crippen LogP contribution in [0.2, 0.25) is 0 Å². The van der Waals surface area contributed by atoms with Gasteiger partial charge in [0.05, 0.1) is 28.3 Å². The second-order valence-electron chi connectivity index (χ2n) is 7.89. The SMILES string of the molecule is CC(C)[C@H](NC(=O)c1ccccc1F)c1nnc(SCc2nc3ccccc3c(=O)[nH]2)n1C. The number of carbonyl (C=O) groups excluding carboxylic acids is 1. The zero-order valence-corrected chi connectivity index (χ0v) is 19.2. The van der Waals surface area contributed by atoms with E-state index >= 15 is 0 Å². The van der Waals surface area contributed by atoms with E-state index in [1.54, 1.807) is 35.9 Å². The highest BCUT2D eigenvalue weighted by molar-refractivity contribution is 7.98. The van der Waals surface area contributed by atoms with Crippen molar-refractivity contribution in [3.05, 3.63) is 81.9 Å². The molecule has 0 aliphatic rings. The molecule has 0 radical (unpaired) electrons. The Hall–Kier alpha value is -3.53. The van der Waals surface area contributed by atoms with Crippen LogP contribution >= 0.6 is 11.8 Å². The molecule has 2 aromatic carbocycles. The number of hydrogen-bond acceptors (Lipinski definition) is 6. The molecule has 1 atom stereocenters. The molecule has 1 amide bonds. The number of fused-ring (bicyclic) bond motifs is 1. The third-order valence-electron chi connectivity index (χ3n) is 5.22. The summed E-state index contributed by atoms with van der Waals surface area (Å²) < 4.78 is 15.8. The molecule has 4 aromatic rings. The van der Waals surface area contributed by atoms with Crippen LogP contribution in [0.4, 0.5) is 4.39 Å². The Balaban J connectivity index is 1.52. The predicted octanol–water partition coefficient (Wildman–Crippen LogP) is 3.61. The Morgan fingerprint density at radius 2 is 1.88 bits per heavy atom. The van der Waals surface area contributed by atoms with Crippen molar-refractivity contribution in [2.75, 3.05) is 0 Å². The fourth-order valence-electron chi connectivity index (χ4n) is 3.45. The topological polar surface area (TPSA) is 106 Å². The third kappa shape index (κ3) is 4.80. The number of carbonyl (C=O) groups is 1. The third-order valence-corrected chi connectivity index (χ3v) is 6.25. The molecular weight excluding hydrogens is 443 g/mol. The molecule has 0 aliphatic carbocycles. The van der Waals surface area contributed by atoms with Gasteiger partial charge in [-0.05, 0) is 30.2 Å². The molecule has 0 unspecified atom stereocenters. The number of nitrogens with one attached hydrogen (secondary N) is 2. The van der Waals surface area contributed by atoms with Crippen molar-refractivity contribution in [1.82, 2.24) is 30.0 Å². The number of halogens is 1. The van der Waals surface area contributed by atoms with E-state index in [1.807, 2.05) is 19.9 Å². The molecule has 170 valence electrons. The summed E-state index contributed by atoms with van der Waals surface area (Å²) in [5, 5.41) is 12.5. The van der Waals surface area contributed by atoms with E-state index in [-0.39, 0.29) is 17.0 Å². The van der Waals surface area contributed by atoms with E-state index in [4.69, 9.17) is 0 Å². The fourth-order valence-corrected chi connectivity index (χ4v) is 4.24. The summed E-state index contributed by atoms with van der Waals surface area (Å²) in [4.78, 5) is 32.3. The molecule has 2 heterocycles. The van der Waals surface area contributed by atoms with E-state index in [1.165, 1.54) is 30.0 Å². The molecule has 0 saturated heterocycles. The summed E-state index contributed by atoms with van der Waals surface area (Å²) in [5.41, 5.74) is 0.420. The number of thioether (sulfide) groups is 1. The number of aromatic nitrogens is 5. The molecule has 33 heavy (non-hydrogen) atoms. The minimum atomic E-state index is -0.580. The number of nitrogens with zero attached hydrogens (tertiary/aromatic N) is 4. The average molecular weight is 467 g/mol. The van der Waals surface area contributed by atoms with Crippen LogP contribution in [-0.2, 0) is 12.8 Å². The van der Waals surface area contributed by atoms with Crippen molar-refractivity contribution in [3.63, 3.8) is 0 Å². The highest BCUT2D eigenvalue weighted by atomic mass is 32.2. The van der Waals surface area contributed by atoms with Crippen LogP contribution in [0.3, 0.4) is 0 Å². The number of para-hydroxylation sites is 1. The number of hydrogen-bond donors (Lipinski definition) is 2. The number of H-pyrrole nitrogens is 1. The van der Waals surface area contributed by atoms with Gasteiger partial charge in [-0.3, -0.25) is 9.59 Å². The van der Waals surface area contributed by atoms with Crippen molar-refractivity contribution in [2.24, 2.45) is 13.0 Å². The van der Waals surface area contributed by atoms with Crippen molar-refractivity contribution >= 4 is 28.6 Å². The average Bonchev–Trinajstić information content (AvgIpc) is 3.16. The largest absolute Gasteiger partial charge is 0.342 e. The minimum Gasteiger partial charge on any atom is -0.342 e. The minimum absolute atomic E-state index is 0.0139. The lowest BCUT2D eigenvalue weighted by atomic mass is 10.0. The van der Waals surface area contributed by atoms with Crippen molar-refractivity contribution in [1.29, 1.82) is 0 Å². The van der Waals surface area contributed by atoms with E-state index in [0.29, 0.717) is 33.5 Å². The summed E-state index contributed by atoms with van der Waals surface area (Å²) in [6.45, 7) is 3.88. The van der Waals surface area contributed by atoms with Crippen LogP contribution in [0.25, 0.3) is 10.9 Å². The number of benzene rings is 2. The molecule has 0 aliphatic heterocycles. The van der Waals surface area contributed by atoms with Crippen molar-refractivity contribution in [3.8, 4) is 0 Å². The monoisotopic (exact) mass is 466 g/mol. The molecule has 2 N–H and O–H groups in total. The van der Waals surface area contributed by atoms with Crippen molar-refractivity contribution < 1.29 is 9.18 Å². The maximum Gasteiger partial charge on any atom is 0.258 e. The van der Waals surface area contributed by atoms with E-state index in [2.05, 4.69) is 25.5 Å². The first-order valence-corrected chi connectivity index (χ1v) is 11.4. The Morgan fingerprint density at radius 1 is 1.15 bits per heavy atom. The standard InChI is InChI=1S/C23H23FN6O2S/c1-13(2)19(27-21(31)14-8-4-6-10-16(14)24)20-28-29-23(30(20)3)33-12-18-25-17-11-7-5-9-15(17)22(32)26-18/h4-11,13,19H,12H2,1-3H3,(H,27,31)(H,25,26,32)/t19-/m0/s1. The van der Waals surface area contributed by atoms with E-state index in [9.17, 15) is 14.0 Å². The second-order valence-corrected chi connectivity index (χ2v) is 8.84. The van der Waals surface area contributed by atoms with Crippen LogP contribution in [0.15, 0.2) is 58.5 Å². The van der Waals surface area contributed by atoms with Gasteiger partial charge in [0.1, 0.15) is 11.6 Å². The van der Waals surface area contributed by atoms with Crippen molar-refractivity contribution in [2.45, 2.75) is 30.8 Å². The van der Waals surface area contributed by atoms with Gasteiger partial charge in [0.2, 0.25) is 0 Å². The maximum absolute atomic E-state index is 14.0. The molecule has 4 rings (SSSR count). The summed E-state index contributed by atoms with van der Waals surface area (Å²) >= 11 is 1.37. The Morgan fingerprint density at radius 3 is 2.64 bits per heavy atom. The van der Waals surface area contributed by atoms with Gasteiger partial charge < -0.3 is 14.9 Å². The lowest BCUT2D eigenvalue weighted by molar-refractivity contribution is 0.0918. The highest BCUT2D eigenvalue weighted by Gasteiger charge is 2.26. The van der Waals surface area contributed by atoms with Crippen LogP contribution in [0.1, 0.15) is 41.9 Å². The number of amides is 1. The molecular formula is C23H23FN6O2S. The maximum atomic E-state index is 14.0. The summed E-state index contributed by atoms with van der Waals surface area (Å²) in [6.07, 6.45) is 0. The molecule has 0 bridgehead atoms. The lowest BCUT2D eigenvalue weighted by Crippen LogP contribution is -2.34. The van der Waals surface area contributed by atoms with Crippen LogP contribution in [0, 0.1) is 11.7 Å².